The number of pyridine rings is 2. The molecule has 0 aliphatic heterocycles. The number of hydrogen-bond acceptors (Lipinski definition) is 5. The van der Waals surface area contributed by atoms with Gasteiger partial charge in [0.1, 0.15) is 11.6 Å². The van der Waals surface area contributed by atoms with Crippen LogP contribution in [0.5, 0.6) is 5.75 Å². The lowest BCUT2D eigenvalue weighted by Gasteiger charge is -2.11. The van der Waals surface area contributed by atoms with Gasteiger partial charge < -0.3 is 10.1 Å². The number of nitrogens with zero attached hydrogens (tertiary/aromatic N) is 4. The minimum absolute atomic E-state index is 0.146. The van der Waals surface area contributed by atoms with Gasteiger partial charge in [0.15, 0.2) is 5.65 Å². The number of fused-ring (bicyclic) bond motifs is 2. The molecule has 1 amide bonds. The lowest BCUT2D eigenvalue weighted by molar-refractivity contribution is 0.0955. The predicted octanol–water partition coefficient (Wildman–Crippen LogP) is 3.93. The Hall–Kier alpha value is -4.26. The van der Waals surface area contributed by atoms with Crippen molar-refractivity contribution in [2.24, 2.45) is 0 Å². The second kappa shape index (κ2) is 8.47. The summed E-state index contributed by atoms with van der Waals surface area (Å²) >= 11 is 0. The Balaban J connectivity index is 1.41. The first-order valence-electron chi connectivity index (χ1n) is 10.3. The minimum atomic E-state index is -0.146. The molecule has 0 radical (unpaired) electrons. The summed E-state index contributed by atoms with van der Waals surface area (Å²) in [5.41, 5.74) is 3.81. The molecule has 0 aliphatic rings. The fraction of sp³-hybridized carbons (Fsp3) is 0.120. The van der Waals surface area contributed by atoms with Crippen molar-refractivity contribution in [3.63, 3.8) is 0 Å². The zero-order valence-corrected chi connectivity index (χ0v) is 17.5. The first kappa shape index (κ1) is 19.7. The SMILES string of the molecule is COc1ccc(-c2cc(C(=O)NCCc3nnc4ccccn34)c3ccccc3n2)cc1. The normalized spacial score (nSPS) is 11.0. The summed E-state index contributed by atoms with van der Waals surface area (Å²) < 4.78 is 7.17. The van der Waals surface area contributed by atoms with E-state index in [1.54, 1.807) is 7.11 Å². The lowest BCUT2D eigenvalue weighted by atomic mass is 10.0. The molecular weight excluding hydrogens is 402 g/mol. The van der Waals surface area contributed by atoms with Gasteiger partial charge in [-0.25, -0.2) is 4.98 Å². The van der Waals surface area contributed by atoms with Crippen LogP contribution in [0.1, 0.15) is 16.2 Å². The number of methoxy groups -OCH3 is 1. The molecule has 158 valence electrons. The van der Waals surface area contributed by atoms with E-state index >= 15 is 0 Å². The maximum atomic E-state index is 13.1. The van der Waals surface area contributed by atoms with E-state index in [-0.39, 0.29) is 5.91 Å². The number of amides is 1. The van der Waals surface area contributed by atoms with Crippen LogP contribution in [-0.4, -0.2) is 39.1 Å². The number of aromatic nitrogens is 4. The molecule has 3 aromatic heterocycles. The number of ether oxygens (including phenoxy) is 1. The van der Waals surface area contributed by atoms with Gasteiger partial charge in [-0.2, -0.15) is 0 Å². The van der Waals surface area contributed by atoms with Gasteiger partial charge in [-0.1, -0.05) is 24.3 Å². The summed E-state index contributed by atoms with van der Waals surface area (Å²) in [6.07, 6.45) is 2.50. The molecule has 1 N–H and O–H groups in total. The predicted molar refractivity (Wildman–Crippen MR) is 123 cm³/mol. The third-order valence-corrected chi connectivity index (χ3v) is 5.37. The van der Waals surface area contributed by atoms with Gasteiger partial charge in [0.25, 0.3) is 5.91 Å². The molecule has 3 heterocycles. The number of benzene rings is 2. The van der Waals surface area contributed by atoms with E-state index in [1.165, 1.54) is 0 Å². The molecular formula is C25H21N5O2. The lowest BCUT2D eigenvalue weighted by Crippen LogP contribution is -2.26. The summed E-state index contributed by atoms with van der Waals surface area (Å²) in [4.78, 5) is 17.9. The number of hydrogen-bond donors (Lipinski definition) is 1. The second-order valence-corrected chi connectivity index (χ2v) is 7.35. The third kappa shape index (κ3) is 3.76. The molecule has 5 rings (SSSR count). The Kier molecular flexibility index (Phi) is 5.21. The van der Waals surface area contributed by atoms with Crippen molar-refractivity contribution < 1.29 is 9.53 Å². The second-order valence-electron chi connectivity index (χ2n) is 7.35. The van der Waals surface area contributed by atoms with Gasteiger partial charge in [-0.3, -0.25) is 9.20 Å². The van der Waals surface area contributed by atoms with Crippen molar-refractivity contribution in [2.45, 2.75) is 6.42 Å². The molecule has 5 aromatic rings. The molecule has 0 unspecified atom stereocenters. The van der Waals surface area contributed by atoms with E-state index in [1.807, 2.05) is 83.4 Å². The fourth-order valence-corrected chi connectivity index (χ4v) is 3.72. The summed E-state index contributed by atoms with van der Waals surface area (Å²) in [7, 11) is 1.63. The molecule has 32 heavy (non-hydrogen) atoms. The van der Waals surface area contributed by atoms with Gasteiger partial charge in [-0.15, -0.1) is 10.2 Å². The fourth-order valence-electron chi connectivity index (χ4n) is 3.72. The van der Waals surface area contributed by atoms with Crippen LogP contribution < -0.4 is 10.1 Å². The Bertz CT molecular complexity index is 1410. The Morgan fingerprint density at radius 2 is 1.81 bits per heavy atom. The van der Waals surface area contributed by atoms with Crippen molar-refractivity contribution in [1.82, 2.24) is 24.9 Å². The van der Waals surface area contributed by atoms with E-state index < -0.39 is 0 Å². The average Bonchev–Trinajstić information content (AvgIpc) is 3.26. The van der Waals surface area contributed by atoms with Crippen LogP contribution in [0.15, 0.2) is 79.0 Å². The van der Waals surface area contributed by atoms with Crippen LogP contribution in [0.4, 0.5) is 0 Å². The van der Waals surface area contributed by atoms with Crippen LogP contribution in [-0.2, 0) is 6.42 Å². The number of carbonyl (C=O) groups excluding carboxylic acids is 1. The molecule has 0 fully saturated rings. The van der Waals surface area contributed by atoms with Gasteiger partial charge in [0, 0.05) is 30.1 Å². The van der Waals surface area contributed by atoms with Crippen LogP contribution in [0.2, 0.25) is 0 Å². The number of para-hydroxylation sites is 1. The molecule has 7 nitrogen and oxygen atoms in total. The molecule has 0 bridgehead atoms. The van der Waals surface area contributed by atoms with E-state index in [2.05, 4.69) is 15.5 Å². The van der Waals surface area contributed by atoms with Gasteiger partial charge in [0.2, 0.25) is 0 Å². The monoisotopic (exact) mass is 423 g/mol. The van der Waals surface area contributed by atoms with Crippen LogP contribution in [0, 0.1) is 0 Å². The molecule has 0 spiro atoms. The zero-order valence-electron chi connectivity index (χ0n) is 17.5. The van der Waals surface area contributed by atoms with E-state index in [0.29, 0.717) is 18.5 Å². The van der Waals surface area contributed by atoms with Gasteiger partial charge in [0.05, 0.1) is 23.9 Å². The molecule has 0 saturated carbocycles. The van der Waals surface area contributed by atoms with E-state index in [0.717, 1.165) is 39.4 Å². The Morgan fingerprint density at radius 3 is 2.66 bits per heavy atom. The highest BCUT2D eigenvalue weighted by atomic mass is 16.5. The Labute approximate surface area is 184 Å². The zero-order chi connectivity index (χ0) is 21.9. The molecule has 0 atom stereocenters. The van der Waals surface area contributed by atoms with Crippen LogP contribution in [0.3, 0.4) is 0 Å². The minimum Gasteiger partial charge on any atom is -0.497 e. The first-order chi connectivity index (χ1) is 15.7. The first-order valence-corrected chi connectivity index (χ1v) is 10.3. The van der Waals surface area contributed by atoms with Crippen molar-refractivity contribution >= 4 is 22.5 Å². The summed E-state index contributed by atoms with van der Waals surface area (Å²) in [5.74, 6) is 1.43. The maximum absolute atomic E-state index is 13.1. The summed E-state index contributed by atoms with van der Waals surface area (Å²) in [6, 6.07) is 22.9. The van der Waals surface area contributed by atoms with Gasteiger partial charge in [-0.05, 0) is 48.5 Å². The van der Waals surface area contributed by atoms with Crippen molar-refractivity contribution in [3.8, 4) is 17.0 Å². The highest BCUT2D eigenvalue weighted by Gasteiger charge is 2.14. The summed E-state index contributed by atoms with van der Waals surface area (Å²) in [5, 5.41) is 12.2. The van der Waals surface area contributed by atoms with Crippen molar-refractivity contribution in [1.29, 1.82) is 0 Å². The smallest absolute Gasteiger partial charge is 0.252 e. The maximum Gasteiger partial charge on any atom is 0.252 e. The molecule has 0 saturated heterocycles. The van der Waals surface area contributed by atoms with Crippen molar-refractivity contribution in [2.75, 3.05) is 13.7 Å². The topological polar surface area (TPSA) is 81.4 Å². The van der Waals surface area contributed by atoms with E-state index in [4.69, 9.17) is 9.72 Å². The van der Waals surface area contributed by atoms with E-state index in [9.17, 15) is 4.79 Å². The standard InChI is InChI=1S/C25H21N5O2/c1-32-18-11-9-17(10-12-18)22-16-20(19-6-2-3-7-21(19)27-22)25(31)26-14-13-24-29-28-23-8-4-5-15-30(23)24/h2-12,15-16H,13-14H2,1H3,(H,26,31). The molecule has 0 aliphatic carbocycles. The molecule has 7 heteroatoms. The number of rotatable bonds is 6. The highest BCUT2D eigenvalue weighted by molar-refractivity contribution is 6.07. The Morgan fingerprint density at radius 1 is 1.00 bits per heavy atom. The third-order valence-electron chi connectivity index (χ3n) is 5.37. The number of nitrogens with one attached hydrogen (secondary N) is 1. The average molecular weight is 423 g/mol. The summed E-state index contributed by atoms with van der Waals surface area (Å²) in [6.45, 7) is 0.447. The number of carbonyl (C=O) groups is 1. The largest absolute Gasteiger partial charge is 0.497 e. The van der Waals surface area contributed by atoms with Gasteiger partial charge >= 0.3 is 0 Å². The van der Waals surface area contributed by atoms with Crippen LogP contribution >= 0.6 is 0 Å². The quantitative estimate of drug-likeness (QED) is 0.448. The van der Waals surface area contributed by atoms with Crippen LogP contribution in [0.25, 0.3) is 27.8 Å². The molecule has 2 aromatic carbocycles. The highest BCUT2D eigenvalue weighted by Crippen LogP contribution is 2.26. The van der Waals surface area contributed by atoms with Crippen molar-refractivity contribution in [3.05, 3.63) is 90.4 Å².